The van der Waals surface area contributed by atoms with Crippen molar-refractivity contribution in [2.45, 2.75) is 26.3 Å². The number of rotatable bonds is 7. The van der Waals surface area contributed by atoms with E-state index in [-0.39, 0.29) is 11.9 Å². The Morgan fingerprint density at radius 3 is 2.77 bits per heavy atom. The first-order valence-electron chi connectivity index (χ1n) is 4.75. The molecule has 0 bridgehead atoms. The van der Waals surface area contributed by atoms with E-state index in [2.05, 4.69) is 17.6 Å². The molecule has 0 saturated heterocycles. The van der Waals surface area contributed by atoms with Gasteiger partial charge in [-0.1, -0.05) is 6.92 Å². The second-order valence-electron chi connectivity index (χ2n) is 2.84. The van der Waals surface area contributed by atoms with E-state index in [9.17, 15) is 4.79 Å². The topological polar surface area (TPSA) is 41.1 Å². The van der Waals surface area contributed by atoms with Gasteiger partial charge in [0.2, 0.25) is 5.91 Å². The van der Waals surface area contributed by atoms with Crippen LogP contribution in [-0.4, -0.2) is 37.0 Å². The molecule has 13 heavy (non-hydrogen) atoms. The molecule has 0 heterocycles. The first-order valence-corrected chi connectivity index (χ1v) is 5.90. The summed E-state index contributed by atoms with van der Waals surface area (Å²) in [6.07, 6.45) is 1.12. The van der Waals surface area contributed by atoms with Gasteiger partial charge in [-0.25, -0.2) is 0 Å². The minimum Gasteiger partial charge on any atom is -0.358 e. The molecule has 0 unspecified atom stereocenters. The van der Waals surface area contributed by atoms with Crippen molar-refractivity contribution in [3.05, 3.63) is 0 Å². The molecule has 0 spiro atoms. The third kappa shape index (κ3) is 6.90. The molecule has 0 aliphatic carbocycles. The van der Waals surface area contributed by atoms with Gasteiger partial charge < -0.3 is 10.6 Å². The Morgan fingerprint density at radius 2 is 2.23 bits per heavy atom. The molecular formula is C9H20N2OS. The number of likely N-dealkylation sites (N-methyl/N-ethyl adjacent to an activating group) is 1. The number of thioether (sulfide) groups is 1. The molecule has 78 valence electrons. The second-order valence-corrected chi connectivity index (χ2v) is 4.23. The molecule has 0 radical (unpaired) electrons. The lowest BCUT2D eigenvalue weighted by Crippen LogP contribution is -2.41. The van der Waals surface area contributed by atoms with Crippen LogP contribution in [0.15, 0.2) is 0 Å². The summed E-state index contributed by atoms with van der Waals surface area (Å²) < 4.78 is 0. The fraction of sp³-hybridized carbons (Fsp3) is 0.889. The molecule has 1 amide bonds. The van der Waals surface area contributed by atoms with Crippen molar-refractivity contribution in [2.75, 3.05) is 25.1 Å². The van der Waals surface area contributed by atoms with Gasteiger partial charge in [-0.2, -0.15) is 11.8 Å². The Morgan fingerprint density at radius 1 is 1.54 bits per heavy atom. The summed E-state index contributed by atoms with van der Waals surface area (Å²) in [5.74, 6) is 2.40. The lowest BCUT2D eigenvalue weighted by molar-refractivity contribution is -0.122. The van der Waals surface area contributed by atoms with Crippen molar-refractivity contribution in [3.63, 3.8) is 0 Å². The zero-order valence-corrected chi connectivity index (χ0v) is 9.54. The maximum Gasteiger partial charge on any atom is 0.236 e. The van der Waals surface area contributed by atoms with E-state index in [0.717, 1.165) is 13.0 Å². The van der Waals surface area contributed by atoms with Crippen molar-refractivity contribution >= 4 is 17.7 Å². The van der Waals surface area contributed by atoms with E-state index < -0.39 is 0 Å². The standard InChI is InChI=1S/C9H20N2OS/c1-4-13-7-5-6-11-8(2)9(12)10-3/h8,11H,4-7H2,1-3H3,(H,10,12)/t8-/m1/s1. The largest absolute Gasteiger partial charge is 0.358 e. The first-order chi connectivity index (χ1) is 6.22. The summed E-state index contributed by atoms with van der Waals surface area (Å²) in [7, 11) is 1.66. The summed E-state index contributed by atoms with van der Waals surface area (Å²) >= 11 is 1.93. The van der Waals surface area contributed by atoms with Crippen molar-refractivity contribution in [1.82, 2.24) is 10.6 Å². The average Bonchev–Trinajstić information content (AvgIpc) is 2.16. The molecule has 0 aromatic rings. The maximum atomic E-state index is 11.1. The molecular weight excluding hydrogens is 184 g/mol. The van der Waals surface area contributed by atoms with Crippen molar-refractivity contribution < 1.29 is 4.79 Å². The van der Waals surface area contributed by atoms with Crippen molar-refractivity contribution in [3.8, 4) is 0 Å². The number of carbonyl (C=O) groups is 1. The highest BCUT2D eigenvalue weighted by molar-refractivity contribution is 7.99. The van der Waals surface area contributed by atoms with Gasteiger partial charge in [0.15, 0.2) is 0 Å². The van der Waals surface area contributed by atoms with Gasteiger partial charge in [-0.05, 0) is 31.4 Å². The maximum absolute atomic E-state index is 11.1. The normalized spacial score (nSPS) is 12.5. The van der Waals surface area contributed by atoms with Gasteiger partial charge in [-0.15, -0.1) is 0 Å². The van der Waals surface area contributed by atoms with Crippen molar-refractivity contribution in [1.29, 1.82) is 0 Å². The van der Waals surface area contributed by atoms with Gasteiger partial charge in [0.05, 0.1) is 6.04 Å². The molecule has 0 aliphatic rings. The van der Waals surface area contributed by atoms with Crippen LogP contribution < -0.4 is 10.6 Å². The predicted octanol–water partition coefficient (Wildman–Crippen LogP) is 0.854. The van der Waals surface area contributed by atoms with Crippen LogP contribution in [0.5, 0.6) is 0 Å². The number of nitrogens with one attached hydrogen (secondary N) is 2. The molecule has 4 heteroatoms. The predicted molar refractivity (Wildman–Crippen MR) is 59.1 cm³/mol. The smallest absolute Gasteiger partial charge is 0.236 e. The minimum atomic E-state index is -0.0726. The van der Waals surface area contributed by atoms with E-state index in [1.54, 1.807) is 7.05 Å². The van der Waals surface area contributed by atoms with Crippen LogP contribution in [0.2, 0.25) is 0 Å². The summed E-state index contributed by atoms with van der Waals surface area (Å²) in [5, 5.41) is 5.78. The van der Waals surface area contributed by atoms with Crippen LogP contribution in [0.25, 0.3) is 0 Å². The third-order valence-electron chi connectivity index (χ3n) is 1.76. The van der Waals surface area contributed by atoms with Crippen LogP contribution in [0.4, 0.5) is 0 Å². The Kier molecular flexibility index (Phi) is 8.24. The van der Waals surface area contributed by atoms with Gasteiger partial charge in [-0.3, -0.25) is 4.79 Å². The van der Waals surface area contributed by atoms with E-state index >= 15 is 0 Å². The first kappa shape index (κ1) is 12.8. The summed E-state index contributed by atoms with van der Waals surface area (Å²) in [6.45, 7) is 4.96. The molecule has 0 fully saturated rings. The highest BCUT2D eigenvalue weighted by atomic mass is 32.2. The van der Waals surface area contributed by atoms with Crippen molar-refractivity contribution in [2.24, 2.45) is 0 Å². The lowest BCUT2D eigenvalue weighted by Gasteiger charge is -2.11. The molecule has 0 aromatic carbocycles. The van der Waals surface area contributed by atoms with E-state index in [1.165, 1.54) is 11.5 Å². The van der Waals surface area contributed by atoms with Gasteiger partial charge in [0.25, 0.3) is 0 Å². The quantitative estimate of drug-likeness (QED) is 0.604. The SMILES string of the molecule is CCSCCCN[C@H](C)C(=O)NC. The van der Waals surface area contributed by atoms with Crippen LogP contribution in [0.1, 0.15) is 20.3 Å². The fourth-order valence-electron chi connectivity index (χ4n) is 0.946. The Bertz CT molecular complexity index is 142. The summed E-state index contributed by atoms with van der Waals surface area (Å²) in [5.41, 5.74) is 0. The molecule has 0 rings (SSSR count). The second kappa shape index (κ2) is 8.38. The lowest BCUT2D eigenvalue weighted by atomic mass is 10.3. The van der Waals surface area contributed by atoms with Gasteiger partial charge in [0.1, 0.15) is 0 Å². The van der Waals surface area contributed by atoms with E-state index in [0.29, 0.717) is 0 Å². The molecule has 2 N–H and O–H groups in total. The fourth-order valence-corrected chi connectivity index (χ4v) is 1.58. The van der Waals surface area contributed by atoms with E-state index in [4.69, 9.17) is 0 Å². The van der Waals surface area contributed by atoms with Crippen LogP contribution in [0, 0.1) is 0 Å². The van der Waals surface area contributed by atoms with Crippen LogP contribution >= 0.6 is 11.8 Å². The molecule has 3 nitrogen and oxygen atoms in total. The Labute approximate surface area is 85.0 Å². The van der Waals surface area contributed by atoms with Gasteiger partial charge >= 0.3 is 0 Å². The number of amides is 1. The zero-order valence-electron chi connectivity index (χ0n) is 8.72. The Hall–Kier alpha value is -0.220. The third-order valence-corrected chi connectivity index (χ3v) is 2.75. The highest BCUT2D eigenvalue weighted by Crippen LogP contribution is 1.99. The highest BCUT2D eigenvalue weighted by Gasteiger charge is 2.08. The van der Waals surface area contributed by atoms with Crippen LogP contribution in [-0.2, 0) is 4.79 Å². The van der Waals surface area contributed by atoms with Gasteiger partial charge in [0, 0.05) is 7.05 Å². The molecule has 0 aromatic heterocycles. The molecule has 0 aliphatic heterocycles. The zero-order chi connectivity index (χ0) is 10.1. The molecule has 0 saturated carbocycles. The minimum absolute atomic E-state index is 0.0585. The summed E-state index contributed by atoms with van der Waals surface area (Å²) in [4.78, 5) is 11.1. The number of hydrogen-bond acceptors (Lipinski definition) is 3. The molecule has 1 atom stereocenters. The van der Waals surface area contributed by atoms with E-state index in [1.807, 2.05) is 18.7 Å². The summed E-state index contributed by atoms with van der Waals surface area (Å²) in [6, 6.07) is -0.0726. The average molecular weight is 204 g/mol. The number of hydrogen-bond donors (Lipinski definition) is 2. The monoisotopic (exact) mass is 204 g/mol. The number of carbonyl (C=O) groups excluding carboxylic acids is 1. The van der Waals surface area contributed by atoms with Crippen LogP contribution in [0.3, 0.4) is 0 Å². The Balaban J connectivity index is 3.26.